The number of nitrogens with two attached hydrogens (primary N) is 1. The fraction of sp³-hybridized carbons (Fsp3) is 0.163. The smallest absolute Gasteiger partial charge is 0.404 e. The number of carbonyl (C=O) groups is 5. The van der Waals surface area contributed by atoms with Gasteiger partial charge in [0.25, 0.3) is 11.8 Å². The van der Waals surface area contributed by atoms with E-state index in [0.717, 1.165) is 44.5 Å². The Morgan fingerprint density at radius 2 is 1.37 bits per heavy atom. The van der Waals surface area contributed by atoms with Crippen molar-refractivity contribution in [3.63, 3.8) is 0 Å². The lowest BCUT2D eigenvalue weighted by molar-refractivity contribution is -0.153. The maximum atomic E-state index is 14.4. The predicted molar refractivity (Wildman–Crippen MR) is 256 cm³/mol. The number of carbonyl (C=O) groups excluding carboxylic acids is 4. The van der Waals surface area contributed by atoms with E-state index in [0.29, 0.717) is 10.0 Å². The molecule has 2 atom stereocenters. The number of carboxylic acid groups (broad SMARTS) is 1. The molecule has 6 aromatic rings. The van der Waals surface area contributed by atoms with E-state index in [9.17, 15) is 29.1 Å². The average molecular weight is 955 g/mol. The fourth-order valence-electron chi connectivity index (χ4n) is 7.70. The van der Waals surface area contributed by atoms with E-state index in [4.69, 9.17) is 25.0 Å². The first-order valence-corrected chi connectivity index (χ1v) is 23.7. The molecule has 0 radical (unpaired) electrons. The molecule has 15 nitrogen and oxygen atoms in total. The van der Waals surface area contributed by atoms with Crippen LogP contribution in [0.3, 0.4) is 0 Å². The summed E-state index contributed by atoms with van der Waals surface area (Å²) in [5, 5.41) is 22.0. The number of esters is 1. The quantitative estimate of drug-likeness (QED) is 0.0159. The van der Waals surface area contributed by atoms with Gasteiger partial charge in [-0.15, -0.1) is 34.9 Å². The Balaban J connectivity index is 1.08. The number of aromatic nitrogens is 1. The molecule has 0 spiro atoms. The Kier molecular flexibility index (Phi) is 14.6. The third-order valence-corrected chi connectivity index (χ3v) is 14.0. The van der Waals surface area contributed by atoms with E-state index >= 15 is 0 Å². The highest BCUT2D eigenvalue weighted by molar-refractivity contribution is 8.06. The third kappa shape index (κ3) is 10.4. The maximum absolute atomic E-state index is 14.4. The summed E-state index contributed by atoms with van der Waals surface area (Å²) in [7, 11) is 0. The molecule has 5 aromatic carbocycles. The number of oxime groups is 1. The normalized spacial score (nSPS) is 15.8. The van der Waals surface area contributed by atoms with E-state index in [2.05, 4.69) is 15.8 Å². The number of rotatable bonds is 19. The molecule has 1 aromatic heterocycles. The molecule has 2 aliphatic rings. The summed E-state index contributed by atoms with van der Waals surface area (Å²) in [5.74, 6) is -3.21. The van der Waals surface area contributed by atoms with Crippen LogP contribution in [0.2, 0.25) is 0 Å². The molecule has 3 heterocycles. The number of anilines is 1. The number of fused-ring (bicyclic) bond motifs is 1. The van der Waals surface area contributed by atoms with E-state index in [1.165, 1.54) is 23.1 Å². The van der Waals surface area contributed by atoms with Gasteiger partial charge < -0.3 is 35.8 Å². The molecule has 0 saturated carbocycles. The van der Waals surface area contributed by atoms with Crippen molar-refractivity contribution in [1.82, 2.24) is 15.2 Å². The van der Waals surface area contributed by atoms with E-state index in [1.54, 1.807) is 5.38 Å². The van der Waals surface area contributed by atoms with Gasteiger partial charge in [0.05, 0.1) is 0 Å². The molecule has 0 bridgehead atoms. The fourth-order valence-corrected chi connectivity index (χ4v) is 10.9. The number of aliphatic carboxylic acids is 1. The minimum atomic E-state index is -1.33. The average Bonchev–Trinajstić information content (AvgIpc) is 3.83. The van der Waals surface area contributed by atoms with Gasteiger partial charge in [0.15, 0.2) is 16.9 Å². The van der Waals surface area contributed by atoms with E-state index < -0.39 is 59.5 Å². The maximum Gasteiger partial charge on any atom is 0.404 e. The number of ether oxygens (including phenoxy) is 2. The zero-order chi connectivity index (χ0) is 46.8. The molecule has 67 heavy (non-hydrogen) atoms. The lowest BCUT2D eigenvalue weighted by Gasteiger charge is -2.49. The predicted octanol–water partition coefficient (Wildman–Crippen LogP) is 7.13. The Labute approximate surface area is 397 Å². The topological polar surface area (TPSA) is 212 Å². The summed E-state index contributed by atoms with van der Waals surface area (Å²) in [4.78, 5) is 77.0. The van der Waals surface area contributed by atoms with Crippen LogP contribution < -0.4 is 16.4 Å². The number of thioether (sulfide) groups is 2. The number of hydrogen-bond donors (Lipinski definition) is 4. The van der Waals surface area contributed by atoms with Crippen LogP contribution in [-0.2, 0) is 39.0 Å². The molecular formula is C49H42N6O9S3. The van der Waals surface area contributed by atoms with Crippen molar-refractivity contribution < 1.29 is 43.4 Å². The number of β-lactam (4-membered cyclic amide) rings is 1. The summed E-state index contributed by atoms with van der Waals surface area (Å²) in [6.07, 6.45) is -1.72. The number of primary amides is 1. The first-order valence-electron chi connectivity index (χ1n) is 20.8. The molecule has 0 unspecified atom stereocenters. The van der Waals surface area contributed by atoms with Crippen molar-refractivity contribution in [2.45, 2.75) is 23.1 Å². The molecule has 2 aliphatic heterocycles. The summed E-state index contributed by atoms with van der Waals surface area (Å²) in [6.45, 7) is -0.743. The Hall–Kier alpha value is -7.41. The van der Waals surface area contributed by atoms with Gasteiger partial charge in [-0.3, -0.25) is 14.5 Å². The largest absolute Gasteiger partial charge is 0.477 e. The van der Waals surface area contributed by atoms with Crippen LogP contribution in [0.25, 0.3) is 0 Å². The van der Waals surface area contributed by atoms with Crippen LogP contribution in [0.1, 0.15) is 39.6 Å². The van der Waals surface area contributed by atoms with Crippen LogP contribution >= 0.6 is 34.9 Å². The van der Waals surface area contributed by atoms with Crippen molar-refractivity contribution in [2.24, 2.45) is 10.9 Å². The standard InChI is InChI=1S/C49H42N6O9S3/c50-47(61)62-26-27-65-37-30-66-45-40(44(58)55(45)41(37)46(59)60)52-43(57)39(54-63-28-38(56)64-42(31-16-6-1-7-17-31)32-18-8-2-9-19-32)36-29-67-48(51-36)53-49(33-20-10-3-11-21-33,34-22-12-4-13-23-34)35-24-14-5-15-25-35/h1-25,29,40,42,45H,26-28,30H2,(H2,50,61)(H,51,53)(H,52,57)(H,59,60)/t40-,45+/m1/s1. The molecule has 1 saturated heterocycles. The van der Waals surface area contributed by atoms with Gasteiger partial charge in [0.1, 0.15) is 35.0 Å². The molecule has 18 heteroatoms. The Bertz CT molecular complexity index is 2650. The van der Waals surface area contributed by atoms with Crippen LogP contribution in [0, 0.1) is 0 Å². The SMILES string of the molecule is NC(=O)OCCSC1=C(C(=O)O)N2C(=O)[C@@H](NC(=O)C(=NOCC(=O)OC(c3ccccc3)c3ccccc3)c3csc(NC(c4ccccc4)(c4ccccc4)c4ccccc4)n3)[C@@H]2SC1. The lowest BCUT2D eigenvalue weighted by Crippen LogP contribution is -2.71. The zero-order valence-electron chi connectivity index (χ0n) is 35.4. The third-order valence-electron chi connectivity index (χ3n) is 10.7. The van der Waals surface area contributed by atoms with Crippen LogP contribution in [-0.4, -0.2) is 86.7 Å². The zero-order valence-corrected chi connectivity index (χ0v) is 37.9. The van der Waals surface area contributed by atoms with Crippen LogP contribution in [0.4, 0.5) is 9.93 Å². The van der Waals surface area contributed by atoms with Gasteiger partial charge in [-0.2, -0.15) is 0 Å². The van der Waals surface area contributed by atoms with Crippen LogP contribution in [0.5, 0.6) is 0 Å². The number of carboxylic acids is 1. The number of thiazole rings is 1. The number of nitrogens with one attached hydrogen (secondary N) is 2. The molecule has 1 fully saturated rings. The van der Waals surface area contributed by atoms with Gasteiger partial charge in [-0.05, 0) is 27.8 Å². The van der Waals surface area contributed by atoms with Gasteiger partial charge in [-0.1, -0.05) is 157 Å². The number of benzene rings is 5. The molecule has 0 aliphatic carbocycles. The highest BCUT2D eigenvalue weighted by Gasteiger charge is 2.54. The van der Waals surface area contributed by atoms with Crippen molar-refractivity contribution in [1.29, 1.82) is 0 Å². The Morgan fingerprint density at radius 1 is 0.836 bits per heavy atom. The van der Waals surface area contributed by atoms with Crippen molar-refractivity contribution >= 4 is 75.6 Å². The van der Waals surface area contributed by atoms with Gasteiger partial charge in [-0.25, -0.2) is 19.4 Å². The summed E-state index contributed by atoms with van der Waals surface area (Å²) in [5.41, 5.74) is 7.77. The van der Waals surface area contributed by atoms with Gasteiger partial charge >= 0.3 is 18.0 Å². The highest BCUT2D eigenvalue weighted by Crippen LogP contribution is 2.44. The van der Waals surface area contributed by atoms with E-state index in [-0.39, 0.29) is 35.2 Å². The molecule has 340 valence electrons. The minimum Gasteiger partial charge on any atom is -0.477 e. The first-order chi connectivity index (χ1) is 32.6. The van der Waals surface area contributed by atoms with Crippen LogP contribution in [0.15, 0.2) is 173 Å². The number of nitrogens with zero attached hydrogens (tertiary/aromatic N) is 3. The molecule has 5 N–H and O–H groups in total. The first kappa shape index (κ1) is 46.1. The molecule has 8 rings (SSSR count). The Morgan fingerprint density at radius 3 is 1.90 bits per heavy atom. The second-order valence-corrected chi connectivity index (χ2v) is 18.0. The molecule has 3 amide bonds. The second kappa shape index (κ2) is 21.3. The van der Waals surface area contributed by atoms with Gasteiger partial charge in [0, 0.05) is 21.8 Å². The molecular weight excluding hydrogens is 913 g/mol. The number of hydrogen-bond acceptors (Lipinski definition) is 14. The summed E-state index contributed by atoms with van der Waals surface area (Å²) in [6, 6.07) is 46.9. The highest BCUT2D eigenvalue weighted by atomic mass is 32.2. The minimum absolute atomic E-state index is 0.0563. The van der Waals surface area contributed by atoms with Crippen molar-refractivity contribution in [3.05, 3.63) is 201 Å². The second-order valence-electron chi connectivity index (χ2n) is 14.9. The number of amides is 3. The van der Waals surface area contributed by atoms with E-state index in [1.807, 2.05) is 152 Å². The van der Waals surface area contributed by atoms with Crippen molar-refractivity contribution in [2.75, 3.05) is 30.0 Å². The van der Waals surface area contributed by atoms with Crippen molar-refractivity contribution in [3.8, 4) is 0 Å². The lowest BCUT2D eigenvalue weighted by atomic mass is 9.77. The summed E-state index contributed by atoms with van der Waals surface area (Å²) < 4.78 is 10.7. The monoisotopic (exact) mass is 954 g/mol. The summed E-state index contributed by atoms with van der Waals surface area (Å²) >= 11 is 3.58. The van der Waals surface area contributed by atoms with Gasteiger partial charge in [0.2, 0.25) is 6.61 Å².